The Bertz CT molecular complexity index is 403. The molecule has 1 heterocycles. The zero-order valence-electron chi connectivity index (χ0n) is 8.73. The van der Waals surface area contributed by atoms with Crippen molar-refractivity contribution >= 4 is 22.6 Å². The van der Waals surface area contributed by atoms with E-state index in [2.05, 4.69) is 18.0 Å². The SMILES string of the molecule is CC1(c2cccc(N)c2)CCSC(N)=N1. The van der Waals surface area contributed by atoms with Crippen molar-refractivity contribution in [2.45, 2.75) is 18.9 Å². The zero-order chi connectivity index (χ0) is 10.9. The number of anilines is 1. The van der Waals surface area contributed by atoms with E-state index in [1.54, 1.807) is 11.8 Å². The largest absolute Gasteiger partial charge is 0.399 e. The molecule has 3 nitrogen and oxygen atoms in total. The Morgan fingerprint density at radius 3 is 2.87 bits per heavy atom. The van der Waals surface area contributed by atoms with E-state index in [9.17, 15) is 0 Å². The number of amidine groups is 1. The van der Waals surface area contributed by atoms with Gasteiger partial charge >= 0.3 is 0 Å². The first-order valence-electron chi connectivity index (χ1n) is 4.94. The topological polar surface area (TPSA) is 64.4 Å². The average Bonchev–Trinajstić information content (AvgIpc) is 2.17. The van der Waals surface area contributed by atoms with Gasteiger partial charge in [0.2, 0.25) is 0 Å². The number of aliphatic imine (C=N–C) groups is 1. The van der Waals surface area contributed by atoms with Crippen molar-refractivity contribution in [3.8, 4) is 0 Å². The fraction of sp³-hybridized carbons (Fsp3) is 0.364. The first-order valence-corrected chi connectivity index (χ1v) is 5.93. The highest BCUT2D eigenvalue weighted by Gasteiger charge is 2.29. The molecule has 4 heteroatoms. The van der Waals surface area contributed by atoms with E-state index in [0.717, 1.165) is 23.4 Å². The lowest BCUT2D eigenvalue weighted by atomic mass is 9.89. The number of hydrogen-bond donors (Lipinski definition) is 2. The highest BCUT2D eigenvalue weighted by atomic mass is 32.2. The van der Waals surface area contributed by atoms with Crippen molar-refractivity contribution < 1.29 is 0 Å². The molecular weight excluding hydrogens is 206 g/mol. The molecule has 2 rings (SSSR count). The van der Waals surface area contributed by atoms with Crippen LogP contribution in [0.1, 0.15) is 18.9 Å². The molecule has 1 aliphatic heterocycles. The summed E-state index contributed by atoms with van der Waals surface area (Å²) in [6, 6.07) is 7.89. The van der Waals surface area contributed by atoms with E-state index in [1.807, 2.05) is 18.2 Å². The fourth-order valence-corrected chi connectivity index (χ4v) is 2.74. The van der Waals surface area contributed by atoms with E-state index in [-0.39, 0.29) is 5.54 Å². The lowest BCUT2D eigenvalue weighted by Gasteiger charge is -2.29. The molecule has 80 valence electrons. The van der Waals surface area contributed by atoms with Crippen LogP contribution in [0.25, 0.3) is 0 Å². The van der Waals surface area contributed by atoms with Crippen LogP contribution in [0.2, 0.25) is 0 Å². The van der Waals surface area contributed by atoms with Gasteiger partial charge in [-0.25, -0.2) is 0 Å². The molecule has 1 atom stereocenters. The van der Waals surface area contributed by atoms with Crippen LogP contribution in [0.4, 0.5) is 5.69 Å². The summed E-state index contributed by atoms with van der Waals surface area (Å²) in [4.78, 5) is 4.53. The van der Waals surface area contributed by atoms with E-state index in [0.29, 0.717) is 5.17 Å². The van der Waals surface area contributed by atoms with Crippen molar-refractivity contribution in [3.05, 3.63) is 29.8 Å². The summed E-state index contributed by atoms with van der Waals surface area (Å²) in [5.41, 5.74) is 13.3. The van der Waals surface area contributed by atoms with Crippen LogP contribution in [0.5, 0.6) is 0 Å². The van der Waals surface area contributed by atoms with Crippen LogP contribution in [0.3, 0.4) is 0 Å². The smallest absolute Gasteiger partial charge is 0.154 e. The normalized spacial score (nSPS) is 26.1. The number of nitrogens with zero attached hydrogens (tertiary/aromatic N) is 1. The fourth-order valence-electron chi connectivity index (χ4n) is 1.77. The van der Waals surface area contributed by atoms with Crippen molar-refractivity contribution in [3.63, 3.8) is 0 Å². The quantitative estimate of drug-likeness (QED) is 0.712. The van der Waals surface area contributed by atoms with Crippen molar-refractivity contribution in [2.24, 2.45) is 10.7 Å². The van der Waals surface area contributed by atoms with Crippen molar-refractivity contribution in [2.75, 3.05) is 11.5 Å². The Balaban J connectivity index is 2.41. The maximum absolute atomic E-state index is 5.77. The summed E-state index contributed by atoms with van der Waals surface area (Å²) in [6.07, 6.45) is 1.00. The summed E-state index contributed by atoms with van der Waals surface area (Å²) in [5.74, 6) is 1.01. The summed E-state index contributed by atoms with van der Waals surface area (Å²) in [5, 5.41) is 0.672. The van der Waals surface area contributed by atoms with Crippen LogP contribution in [0, 0.1) is 0 Å². The first kappa shape index (κ1) is 10.4. The predicted molar refractivity (Wildman–Crippen MR) is 66.9 cm³/mol. The second-order valence-corrected chi connectivity index (χ2v) is 5.06. The summed E-state index contributed by atoms with van der Waals surface area (Å²) in [6.45, 7) is 2.11. The van der Waals surface area contributed by atoms with Crippen LogP contribution >= 0.6 is 11.8 Å². The predicted octanol–water partition coefficient (Wildman–Crippen LogP) is 1.94. The monoisotopic (exact) mass is 221 g/mol. The van der Waals surface area contributed by atoms with Gasteiger partial charge in [0, 0.05) is 11.4 Å². The minimum atomic E-state index is -0.204. The van der Waals surface area contributed by atoms with E-state index in [4.69, 9.17) is 11.5 Å². The molecule has 0 amide bonds. The third-order valence-electron chi connectivity index (χ3n) is 2.70. The van der Waals surface area contributed by atoms with Crippen LogP contribution < -0.4 is 11.5 Å². The molecule has 0 spiro atoms. The third kappa shape index (κ3) is 2.09. The maximum atomic E-state index is 5.77. The van der Waals surface area contributed by atoms with E-state index in [1.165, 1.54) is 0 Å². The minimum Gasteiger partial charge on any atom is -0.399 e. The maximum Gasteiger partial charge on any atom is 0.154 e. The van der Waals surface area contributed by atoms with E-state index >= 15 is 0 Å². The number of benzene rings is 1. The first-order chi connectivity index (χ1) is 7.10. The molecule has 0 saturated carbocycles. The number of rotatable bonds is 1. The second-order valence-electron chi connectivity index (χ2n) is 3.95. The molecule has 0 fully saturated rings. The Labute approximate surface area is 93.9 Å². The molecule has 0 aromatic heterocycles. The van der Waals surface area contributed by atoms with Gasteiger partial charge in [-0.15, -0.1) is 0 Å². The van der Waals surface area contributed by atoms with Gasteiger partial charge in [0.05, 0.1) is 5.54 Å². The highest BCUT2D eigenvalue weighted by molar-refractivity contribution is 8.13. The number of nitrogens with two attached hydrogens (primary N) is 2. The Hall–Kier alpha value is -1.16. The van der Waals surface area contributed by atoms with Crippen molar-refractivity contribution in [1.29, 1.82) is 0 Å². The molecule has 1 unspecified atom stereocenters. The highest BCUT2D eigenvalue weighted by Crippen LogP contribution is 2.35. The Morgan fingerprint density at radius 1 is 1.40 bits per heavy atom. The second kappa shape index (κ2) is 3.77. The van der Waals surface area contributed by atoms with Gasteiger partial charge < -0.3 is 11.5 Å². The summed E-state index contributed by atoms with van der Waals surface area (Å²) < 4.78 is 0. The van der Waals surface area contributed by atoms with Gasteiger partial charge in [0.25, 0.3) is 0 Å². The number of hydrogen-bond acceptors (Lipinski definition) is 4. The van der Waals surface area contributed by atoms with Crippen LogP contribution in [-0.4, -0.2) is 10.9 Å². The molecule has 4 N–H and O–H groups in total. The molecule has 1 aliphatic rings. The Kier molecular flexibility index (Phi) is 2.61. The molecule has 0 aliphatic carbocycles. The summed E-state index contributed by atoms with van der Waals surface area (Å²) >= 11 is 1.62. The lowest BCUT2D eigenvalue weighted by molar-refractivity contribution is 0.482. The van der Waals surface area contributed by atoms with Gasteiger partial charge in [0.1, 0.15) is 0 Å². The van der Waals surface area contributed by atoms with Crippen molar-refractivity contribution in [1.82, 2.24) is 0 Å². The van der Waals surface area contributed by atoms with E-state index < -0.39 is 0 Å². The van der Waals surface area contributed by atoms with Gasteiger partial charge in [-0.2, -0.15) is 0 Å². The van der Waals surface area contributed by atoms with Gasteiger partial charge in [-0.05, 0) is 31.0 Å². The third-order valence-corrected chi connectivity index (χ3v) is 3.50. The molecule has 15 heavy (non-hydrogen) atoms. The van der Waals surface area contributed by atoms with Gasteiger partial charge in [-0.1, -0.05) is 23.9 Å². The number of thioether (sulfide) groups is 1. The minimum absolute atomic E-state index is 0.204. The standard InChI is InChI=1S/C11H15N3S/c1-11(5-6-15-10(13)14-11)8-3-2-4-9(12)7-8/h2-4,7H,5-6,12H2,1H3,(H2,13,14). The molecule has 1 aromatic carbocycles. The Morgan fingerprint density at radius 2 is 2.20 bits per heavy atom. The number of nitrogen functional groups attached to an aromatic ring is 1. The lowest BCUT2D eigenvalue weighted by Crippen LogP contribution is -2.28. The van der Waals surface area contributed by atoms with Crippen LogP contribution in [-0.2, 0) is 5.54 Å². The van der Waals surface area contributed by atoms with Gasteiger partial charge in [-0.3, -0.25) is 4.99 Å². The van der Waals surface area contributed by atoms with Gasteiger partial charge in [0.15, 0.2) is 5.17 Å². The summed E-state index contributed by atoms with van der Waals surface area (Å²) in [7, 11) is 0. The molecular formula is C11H15N3S. The zero-order valence-corrected chi connectivity index (χ0v) is 9.55. The average molecular weight is 221 g/mol. The molecule has 0 radical (unpaired) electrons. The molecule has 0 saturated heterocycles. The molecule has 0 bridgehead atoms. The molecule has 1 aromatic rings. The van der Waals surface area contributed by atoms with Crippen LogP contribution in [0.15, 0.2) is 29.3 Å².